The molecule has 0 radical (unpaired) electrons. The zero-order valence-electron chi connectivity index (χ0n) is 14.7. The number of rotatable bonds is 5. The molecule has 0 spiro atoms. The number of hydrogen-bond donors (Lipinski definition) is 1. The third-order valence-corrected chi connectivity index (χ3v) is 4.53. The predicted octanol–water partition coefficient (Wildman–Crippen LogP) is 3.92. The Hall–Kier alpha value is -2.56. The molecule has 0 fully saturated rings. The van der Waals surface area contributed by atoms with Gasteiger partial charge in [0.05, 0.1) is 17.3 Å². The highest BCUT2D eigenvalue weighted by atomic mass is 16.2. The van der Waals surface area contributed by atoms with E-state index in [2.05, 4.69) is 29.1 Å². The van der Waals surface area contributed by atoms with Crippen LogP contribution in [0.5, 0.6) is 0 Å². The number of carbonyl (C=O) groups is 1. The van der Waals surface area contributed by atoms with Crippen LogP contribution in [0.1, 0.15) is 48.1 Å². The van der Waals surface area contributed by atoms with Gasteiger partial charge in [-0.3, -0.25) is 9.48 Å². The summed E-state index contributed by atoms with van der Waals surface area (Å²) in [5, 5.41) is 5.59. The maximum atomic E-state index is 12.9. The summed E-state index contributed by atoms with van der Waals surface area (Å²) in [4.78, 5) is 18.0. The van der Waals surface area contributed by atoms with E-state index in [1.54, 1.807) is 4.90 Å². The standard InChI is InChI=1S/C19H24N4O/c1-5-10-23-12-16(13(2)21-23)19(24)22(4)14(3)18-11-15-8-6-7-9-17(15)20-18/h6-9,11-12,14,20H,5,10H2,1-4H3/t14-/m1/s1. The van der Waals surface area contributed by atoms with E-state index < -0.39 is 0 Å². The van der Waals surface area contributed by atoms with E-state index in [9.17, 15) is 4.79 Å². The molecule has 1 atom stereocenters. The smallest absolute Gasteiger partial charge is 0.257 e. The lowest BCUT2D eigenvalue weighted by molar-refractivity contribution is 0.0739. The zero-order valence-corrected chi connectivity index (χ0v) is 14.7. The third kappa shape index (κ3) is 2.94. The number of aromatic amines is 1. The number of aromatic nitrogens is 3. The van der Waals surface area contributed by atoms with Crippen molar-refractivity contribution in [3.8, 4) is 0 Å². The van der Waals surface area contributed by atoms with Crippen LogP contribution >= 0.6 is 0 Å². The molecule has 1 amide bonds. The molecule has 0 aliphatic carbocycles. The molecule has 24 heavy (non-hydrogen) atoms. The van der Waals surface area contributed by atoms with Crippen LogP contribution in [0, 0.1) is 6.92 Å². The molecule has 0 bridgehead atoms. The first-order valence-corrected chi connectivity index (χ1v) is 8.40. The fraction of sp³-hybridized carbons (Fsp3) is 0.368. The average molecular weight is 324 g/mol. The number of amides is 1. The number of fused-ring (bicyclic) bond motifs is 1. The van der Waals surface area contributed by atoms with Gasteiger partial charge in [0.25, 0.3) is 5.91 Å². The largest absolute Gasteiger partial charge is 0.357 e. The first-order chi connectivity index (χ1) is 11.5. The molecule has 0 unspecified atom stereocenters. The fourth-order valence-corrected chi connectivity index (χ4v) is 2.97. The first-order valence-electron chi connectivity index (χ1n) is 8.40. The molecule has 0 aliphatic heterocycles. The van der Waals surface area contributed by atoms with Gasteiger partial charge in [0.15, 0.2) is 0 Å². The topological polar surface area (TPSA) is 53.9 Å². The number of aryl methyl sites for hydroxylation is 2. The van der Waals surface area contributed by atoms with Crippen molar-refractivity contribution in [2.45, 2.75) is 39.8 Å². The lowest BCUT2D eigenvalue weighted by Crippen LogP contribution is -2.30. The second-order valence-corrected chi connectivity index (χ2v) is 6.30. The van der Waals surface area contributed by atoms with Crippen LogP contribution in [0.3, 0.4) is 0 Å². The second-order valence-electron chi connectivity index (χ2n) is 6.30. The van der Waals surface area contributed by atoms with Crippen LogP contribution in [-0.4, -0.2) is 32.6 Å². The fourth-order valence-electron chi connectivity index (χ4n) is 2.97. The van der Waals surface area contributed by atoms with Crippen molar-refractivity contribution in [3.63, 3.8) is 0 Å². The minimum atomic E-state index is -0.0428. The number of nitrogens with one attached hydrogen (secondary N) is 1. The Bertz CT molecular complexity index is 828. The maximum absolute atomic E-state index is 12.9. The summed E-state index contributed by atoms with van der Waals surface area (Å²) in [6.07, 6.45) is 2.85. The molecule has 3 aromatic rings. The van der Waals surface area contributed by atoms with Crippen LogP contribution in [0.4, 0.5) is 0 Å². The van der Waals surface area contributed by atoms with Gasteiger partial charge in [-0.25, -0.2) is 0 Å². The van der Waals surface area contributed by atoms with E-state index >= 15 is 0 Å². The van der Waals surface area contributed by atoms with Crippen molar-refractivity contribution >= 4 is 16.8 Å². The number of nitrogens with zero attached hydrogens (tertiary/aromatic N) is 3. The molecule has 0 aliphatic rings. The minimum absolute atomic E-state index is 0.000934. The molecule has 0 saturated carbocycles. The summed E-state index contributed by atoms with van der Waals surface area (Å²) in [7, 11) is 1.84. The number of benzene rings is 1. The Morgan fingerprint density at radius 1 is 1.38 bits per heavy atom. The Morgan fingerprint density at radius 3 is 2.83 bits per heavy atom. The molecule has 1 N–H and O–H groups in total. The molecule has 5 heteroatoms. The Morgan fingerprint density at radius 2 is 2.12 bits per heavy atom. The van der Waals surface area contributed by atoms with Crippen molar-refractivity contribution in [3.05, 3.63) is 53.5 Å². The van der Waals surface area contributed by atoms with E-state index in [0.717, 1.165) is 35.3 Å². The van der Waals surface area contributed by atoms with Crippen LogP contribution in [0.25, 0.3) is 10.9 Å². The minimum Gasteiger partial charge on any atom is -0.357 e. The van der Waals surface area contributed by atoms with Crippen LogP contribution in [-0.2, 0) is 6.54 Å². The molecule has 2 heterocycles. The van der Waals surface area contributed by atoms with Crippen molar-refractivity contribution < 1.29 is 4.79 Å². The molecule has 126 valence electrons. The molecular weight excluding hydrogens is 300 g/mol. The average Bonchev–Trinajstić information content (AvgIpc) is 3.16. The molecule has 3 rings (SSSR count). The Labute approximate surface area is 142 Å². The number of H-pyrrole nitrogens is 1. The van der Waals surface area contributed by atoms with Crippen LogP contribution in [0.15, 0.2) is 36.5 Å². The SMILES string of the molecule is CCCn1cc(C(=O)N(C)[C@H](C)c2cc3ccccc3[nH]2)c(C)n1. The van der Waals surface area contributed by atoms with Gasteiger partial charge >= 0.3 is 0 Å². The predicted molar refractivity (Wildman–Crippen MR) is 96.1 cm³/mol. The lowest BCUT2D eigenvalue weighted by atomic mass is 10.1. The van der Waals surface area contributed by atoms with Gasteiger partial charge in [0.1, 0.15) is 0 Å². The van der Waals surface area contributed by atoms with E-state index in [4.69, 9.17) is 0 Å². The summed E-state index contributed by atoms with van der Waals surface area (Å²) in [5.41, 5.74) is 3.58. The highest BCUT2D eigenvalue weighted by molar-refractivity contribution is 5.95. The Balaban J connectivity index is 1.84. The van der Waals surface area contributed by atoms with Crippen molar-refractivity contribution in [2.75, 3.05) is 7.05 Å². The summed E-state index contributed by atoms with van der Waals surface area (Å²) < 4.78 is 1.85. The summed E-state index contributed by atoms with van der Waals surface area (Å²) in [6.45, 7) is 6.85. The normalized spacial score (nSPS) is 12.5. The quantitative estimate of drug-likeness (QED) is 0.773. The first kappa shape index (κ1) is 16.3. The second kappa shape index (κ2) is 6.51. The van der Waals surface area contributed by atoms with Gasteiger partial charge in [0, 0.05) is 31.0 Å². The summed E-state index contributed by atoms with van der Waals surface area (Å²) in [5.74, 6) is 0.000934. The van der Waals surface area contributed by atoms with E-state index in [0.29, 0.717) is 5.56 Å². The summed E-state index contributed by atoms with van der Waals surface area (Å²) >= 11 is 0. The van der Waals surface area contributed by atoms with E-state index in [-0.39, 0.29) is 11.9 Å². The van der Waals surface area contributed by atoms with Gasteiger partial charge in [-0.2, -0.15) is 5.10 Å². The van der Waals surface area contributed by atoms with Gasteiger partial charge < -0.3 is 9.88 Å². The maximum Gasteiger partial charge on any atom is 0.257 e. The van der Waals surface area contributed by atoms with Gasteiger partial charge in [-0.05, 0) is 37.8 Å². The molecule has 5 nitrogen and oxygen atoms in total. The van der Waals surface area contributed by atoms with Gasteiger partial charge in [0.2, 0.25) is 0 Å². The van der Waals surface area contributed by atoms with E-state index in [1.807, 2.05) is 50.0 Å². The summed E-state index contributed by atoms with van der Waals surface area (Å²) in [6, 6.07) is 10.2. The molecular formula is C19H24N4O. The van der Waals surface area contributed by atoms with Crippen molar-refractivity contribution in [2.24, 2.45) is 0 Å². The monoisotopic (exact) mass is 324 g/mol. The zero-order chi connectivity index (χ0) is 17.3. The Kier molecular flexibility index (Phi) is 4.42. The molecule has 1 aromatic carbocycles. The molecule has 0 saturated heterocycles. The van der Waals surface area contributed by atoms with Crippen LogP contribution in [0.2, 0.25) is 0 Å². The highest BCUT2D eigenvalue weighted by Gasteiger charge is 2.23. The highest BCUT2D eigenvalue weighted by Crippen LogP contribution is 2.24. The third-order valence-electron chi connectivity index (χ3n) is 4.53. The number of para-hydroxylation sites is 1. The van der Waals surface area contributed by atoms with Gasteiger partial charge in [-0.1, -0.05) is 25.1 Å². The van der Waals surface area contributed by atoms with Gasteiger partial charge in [-0.15, -0.1) is 0 Å². The number of carbonyl (C=O) groups excluding carboxylic acids is 1. The van der Waals surface area contributed by atoms with Crippen LogP contribution < -0.4 is 0 Å². The van der Waals surface area contributed by atoms with Crippen molar-refractivity contribution in [1.29, 1.82) is 0 Å². The van der Waals surface area contributed by atoms with Crippen molar-refractivity contribution in [1.82, 2.24) is 19.7 Å². The lowest BCUT2D eigenvalue weighted by Gasteiger charge is -2.24. The molecule has 2 aromatic heterocycles. The van der Waals surface area contributed by atoms with E-state index in [1.165, 1.54) is 0 Å². The number of hydrogen-bond acceptors (Lipinski definition) is 2.